The van der Waals surface area contributed by atoms with Crippen LogP contribution in [0.2, 0.25) is 16.6 Å². The molecule has 0 aromatic rings. The second-order valence-electron chi connectivity index (χ2n) is 9.09. The molecule has 27 heavy (non-hydrogen) atoms. The highest BCUT2D eigenvalue weighted by atomic mass is 28.4. The van der Waals surface area contributed by atoms with E-state index in [1.165, 1.54) is 0 Å². The van der Waals surface area contributed by atoms with Crippen LogP contribution in [-0.2, 0) is 4.43 Å². The smallest absolute Gasteiger partial charge is 0.201 e. The van der Waals surface area contributed by atoms with Gasteiger partial charge in [0.1, 0.15) is 6.10 Å². The van der Waals surface area contributed by atoms with Crippen molar-refractivity contribution in [3.63, 3.8) is 0 Å². The normalized spacial score (nSPS) is 26.3. The lowest BCUT2D eigenvalue weighted by atomic mass is 9.89. The van der Waals surface area contributed by atoms with Crippen LogP contribution in [0.3, 0.4) is 0 Å². The number of aliphatic hydroxyl groups is 1. The molecular weight excluding hydrogens is 348 g/mol. The first-order chi connectivity index (χ1) is 12.6. The molecule has 1 aliphatic rings. The molecule has 3 heteroatoms. The zero-order valence-corrected chi connectivity index (χ0v) is 19.7. The number of aliphatic hydroxyl groups excluding tert-OH is 1. The molecule has 0 aliphatic heterocycles. The molecular formula is C24H42O2Si. The average molecular weight is 391 g/mol. The Balaban J connectivity index is 3.04. The summed E-state index contributed by atoms with van der Waals surface area (Å²) in [6.07, 6.45) is 8.71. The molecule has 0 spiro atoms. The third-order valence-corrected chi connectivity index (χ3v) is 12.2. The molecule has 154 valence electrons. The Labute approximate surface area is 169 Å². The van der Waals surface area contributed by atoms with Crippen molar-refractivity contribution in [3.8, 4) is 11.8 Å². The Hall–Kier alpha value is -0.823. The maximum absolute atomic E-state index is 10.4. The van der Waals surface area contributed by atoms with E-state index in [9.17, 15) is 5.11 Å². The lowest BCUT2D eigenvalue weighted by molar-refractivity contribution is 0.163. The van der Waals surface area contributed by atoms with Crippen molar-refractivity contribution >= 4 is 8.32 Å². The first-order valence-corrected chi connectivity index (χ1v) is 12.9. The van der Waals surface area contributed by atoms with E-state index in [2.05, 4.69) is 72.1 Å². The Morgan fingerprint density at radius 3 is 2.22 bits per heavy atom. The molecule has 3 atom stereocenters. The van der Waals surface area contributed by atoms with E-state index in [0.29, 0.717) is 16.6 Å². The van der Waals surface area contributed by atoms with E-state index in [-0.39, 0.29) is 12.0 Å². The van der Waals surface area contributed by atoms with E-state index in [0.717, 1.165) is 37.7 Å². The number of rotatable bonds is 6. The van der Waals surface area contributed by atoms with Crippen molar-refractivity contribution in [2.45, 2.75) is 109 Å². The average Bonchev–Trinajstić information content (AvgIpc) is 2.55. The van der Waals surface area contributed by atoms with Crippen LogP contribution in [0.25, 0.3) is 0 Å². The first-order valence-electron chi connectivity index (χ1n) is 10.8. The van der Waals surface area contributed by atoms with Gasteiger partial charge >= 0.3 is 0 Å². The summed E-state index contributed by atoms with van der Waals surface area (Å²) in [6.45, 7) is 20.1. The van der Waals surface area contributed by atoms with Gasteiger partial charge < -0.3 is 9.53 Å². The number of allylic oxidation sites excluding steroid dienone is 1. The summed E-state index contributed by atoms with van der Waals surface area (Å²) in [4.78, 5) is 0. The van der Waals surface area contributed by atoms with Gasteiger partial charge in [0.15, 0.2) is 0 Å². The quantitative estimate of drug-likeness (QED) is 0.313. The van der Waals surface area contributed by atoms with Crippen LogP contribution in [0.4, 0.5) is 0 Å². The fourth-order valence-corrected chi connectivity index (χ4v) is 10.3. The van der Waals surface area contributed by atoms with E-state index in [1.807, 2.05) is 6.92 Å². The molecule has 0 saturated heterocycles. The summed E-state index contributed by atoms with van der Waals surface area (Å²) in [5.74, 6) is 6.20. The molecule has 0 heterocycles. The SMILES string of the molecule is C=C(C)[C@@H]1CCCC(O[Si](C(C)C)(C(C)C)C(C)C)/C=C/CCC#C[C@H]1O. The van der Waals surface area contributed by atoms with Gasteiger partial charge in [-0.3, -0.25) is 0 Å². The van der Waals surface area contributed by atoms with Gasteiger partial charge in [0, 0.05) is 12.3 Å². The summed E-state index contributed by atoms with van der Waals surface area (Å²) in [5.41, 5.74) is 2.78. The molecule has 0 bridgehead atoms. The largest absolute Gasteiger partial charge is 0.410 e. The van der Waals surface area contributed by atoms with Crippen LogP contribution in [0.5, 0.6) is 0 Å². The second kappa shape index (κ2) is 11.2. The van der Waals surface area contributed by atoms with Gasteiger partial charge in [0.05, 0.1) is 6.10 Å². The van der Waals surface area contributed by atoms with Gasteiger partial charge in [-0.1, -0.05) is 71.8 Å². The van der Waals surface area contributed by atoms with Crippen molar-refractivity contribution < 1.29 is 9.53 Å². The van der Waals surface area contributed by atoms with Gasteiger partial charge in [0.25, 0.3) is 0 Å². The van der Waals surface area contributed by atoms with Crippen LogP contribution < -0.4 is 0 Å². The highest BCUT2D eigenvalue weighted by Gasteiger charge is 2.46. The van der Waals surface area contributed by atoms with Gasteiger partial charge in [-0.2, -0.15) is 0 Å². The molecule has 1 rings (SSSR count). The molecule has 0 aromatic carbocycles. The molecule has 2 nitrogen and oxygen atoms in total. The fourth-order valence-electron chi connectivity index (χ4n) is 4.76. The molecule has 0 fully saturated rings. The standard InChI is InChI=1S/C24H42O2Si/c1-18(2)23-16-13-15-22(14-11-9-10-12-17-24(23)25)26-27(19(3)4,20(5)6)21(7)8/h11,14,19-25H,1,9-10,13,15-16H2,2-8H3/b14-11+/t22?,23-,24+/m0/s1. The van der Waals surface area contributed by atoms with Crippen molar-refractivity contribution in [2.24, 2.45) is 5.92 Å². The lowest BCUT2D eigenvalue weighted by Crippen LogP contribution is -2.50. The number of hydrogen-bond donors (Lipinski definition) is 1. The first kappa shape index (κ1) is 24.2. The zero-order chi connectivity index (χ0) is 20.6. The minimum atomic E-state index is -1.90. The topological polar surface area (TPSA) is 29.5 Å². The maximum Gasteiger partial charge on any atom is 0.201 e. The third-order valence-electron chi connectivity index (χ3n) is 6.12. The minimum absolute atomic E-state index is 0.0591. The Kier molecular flexibility index (Phi) is 10.1. The van der Waals surface area contributed by atoms with Gasteiger partial charge in [0.2, 0.25) is 8.32 Å². The van der Waals surface area contributed by atoms with E-state index in [4.69, 9.17) is 4.43 Å². The highest BCUT2D eigenvalue weighted by molar-refractivity contribution is 6.77. The molecule has 1 N–H and O–H groups in total. The number of hydrogen-bond acceptors (Lipinski definition) is 2. The molecule has 0 aromatic heterocycles. The minimum Gasteiger partial charge on any atom is -0.410 e. The van der Waals surface area contributed by atoms with E-state index >= 15 is 0 Å². The molecule has 0 amide bonds. The summed E-state index contributed by atoms with van der Waals surface area (Å²) in [5, 5.41) is 10.4. The second-order valence-corrected chi connectivity index (χ2v) is 14.5. The van der Waals surface area contributed by atoms with Crippen LogP contribution in [0, 0.1) is 17.8 Å². The van der Waals surface area contributed by atoms with Gasteiger partial charge in [-0.05, 0) is 49.2 Å². The predicted molar refractivity (Wildman–Crippen MR) is 120 cm³/mol. The van der Waals surface area contributed by atoms with Crippen molar-refractivity contribution in [2.75, 3.05) is 0 Å². The van der Waals surface area contributed by atoms with Gasteiger partial charge in [-0.25, -0.2) is 0 Å². The highest BCUT2D eigenvalue weighted by Crippen LogP contribution is 2.43. The molecule has 1 aliphatic carbocycles. The Morgan fingerprint density at radius 2 is 1.70 bits per heavy atom. The predicted octanol–water partition coefficient (Wildman–Crippen LogP) is 6.62. The van der Waals surface area contributed by atoms with E-state index in [1.54, 1.807) is 0 Å². The van der Waals surface area contributed by atoms with Crippen LogP contribution in [0.15, 0.2) is 24.3 Å². The Morgan fingerprint density at radius 1 is 1.11 bits per heavy atom. The van der Waals surface area contributed by atoms with Crippen LogP contribution in [-0.4, -0.2) is 25.6 Å². The van der Waals surface area contributed by atoms with Crippen molar-refractivity contribution in [1.29, 1.82) is 0 Å². The molecule has 1 unspecified atom stereocenters. The Bertz CT molecular complexity index is 529. The summed E-state index contributed by atoms with van der Waals surface area (Å²) in [7, 11) is -1.90. The van der Waals surface area contributed by atoms with Crippen LogP contribution in [0.1, 0.15) is 80.6 Å². The van der Waals surface area contributed by atoms with Gasteiger partial charge in [-0.15, -0.1) is 5.92 Å². The van der Waals surface area contributed by atoms with E-state index < -0.39 is 14.4 Å². The maximum atomic E-state index is 10.4. The zero-order valence-electron chi connectivity index (χ0n) is 18.7. The lowest BCUT2D eigenvalue weighted by Gasteiger charge is -2.44. The van der Waals surface area contributed by atoms with Crippen molar-refractivity contribution in [1.82, 2.24) is 0 Å². The fraction of sp³-hybridized carbons (Fsp3) is 0.750. The molecule has 0 saturated carbocycles. The van der Waals surface area contributed by atoms with Crippen LogP contribution >= 0.6 is 0 Å². The monoisotopic (exact) mass is 390 g/mol. The summed E-state index contributed by atoms with van der Waals surface area (Å²) in [6, 6.07) is 0. The summed E-state index contributed by atoms with van der Waals surface area (Å²) >= 11 is 0. The third kappa shape index (κ3) is 6.63. The summed E-state index contributed by atoms with van der Waals surface area (Å²) < 4.78 is 7.02. The molecule has 0 radical (unpaired) electrons. The van der Waals surface area contributed by atoms with Crippen molar-refractivity contribution in [3.05, 3.63) is 24.3 Å².